The van der Waals surface area contributed by atoms with Crippen molar-refractivity contribution in [3.8, 4) is 5.75 Å². The monoisotopic (exact) mass is 462 g/mol. The molecular weight excluding hydrogens is 445 g/mol. The van der Waals surface area contributed by atoms with Crippen LogP contribution >= 0.6 is 0 Å². The summed E-state index contributed by atoms with van der Waals surface area (Å²) in [4.78, 5) is 12.6. The third-order valence-corrected chi connectivity index (χ3v) is 6.94. The van der Waals surface area contributed by atoms with Crippen molar-refractivity contribution in [2.45, 2.75) is 11.3 Å². The molecule has 0 unspecified atom stereocenters. The van der Waals surface area contributed by atoms with Gasteiger partial charge in [0.15, 0.2) is 17.5 Å². The molecule has 1 aliphatic heterocycles. The molecule has 0 spiro atoms. The molecule has 10 heteroatoms. The van der Waals surface area contributed by atoms with Gasteiger partial charge in [-0.15, -0.1) is 0 Å². The molecule has 0 saturated carbocycles. The molecule has 1 heterocycles. The summed E-state index contributed by atoms with van der Waals surface area (Å²) in [6.07, 6.45) is 0.550. The number of anilines is 2. The van der Waals surface area contributed by atoms with E-state index < -0.39 is 39.1 Å². The van der Waals surface area contributed by atoms with E-state index in [1.165, 1.54) is 23.5 Å². The summed E-state index contributed by atoms with van der Waals surface area (Å²) in [5, 5.41) is 2.12. The van der Waals surface area contributed by atoms with E-state index in [1.54, 1.807) is 12.1 Å². The fourth-order valence-corrected chi connectivity index (χ4v) is 5.05. The molecule has 3 aromatic rings. The highest BCUT2D eigenvalue weighted by Crippen LogP contribution is 2.34. The SMILES string of the molecule is COc1ccc(S(=O)(=O)N2CCc3ccccc32)cc1C(=O)Nc1ccc(F)c(F)c1F. The summed E-state index contributed by atoms with van der Waals surface area (Å²) < 4.78 is 73.5. The lowest BCUT2D eigenvalue weighted by Crippen LogP contribution is -2.29. The Kier molecular flexibility index (Phi) is 5.55. The van der Waals surface area contributed by atoms with Gasteiger partial charge >= 0.3 is 0 Å². The molecular formula is C22H17F3N2O4S. The van der Waals surface area contributed by atoms with Crippen LogP contribution in [0.1, 0.15) is 15.9 Å². The number of carbonyl (C=O) groups is 1. The number of fused-ring (bicyclic) bond motifs is 1. The molecule has 3 aromatic carbocycles. The Morgan fingerprint density at radius 1 is 1.03 bits per heavy atom. The number of benzene rings is 3. The number of nitrogens with one attached hydrogen (secondary N) is 1. The molecule has 166 valence electrons. The third-order valence-electron chi connectivity index (χ3n) is 5.13. The van der Waals surface area contributed by atoms with Crippen LogP contribution in [0.3, 0.4) is 0 Å². The van der Waals surface area contributed by atoms with E-state index >= 15 is 0 Å². The molecule has 1 N–H and O–H groups in total. The minimum Gasteiger partial charge on any atom is -0.496 e. The molecule has 6 nitrogen and oxygen atoms in total. The van der Waals surface area contributed by atoms with Gasteiger partial charge in [0.2, 0.25) is 0 Å². The minimum atomic E-state index is -4.01. The Morgan fingerprint density at radius 2 is 1.78 bits per heavy atom. The Labute approximate surface area is 182 Å². The molecule has 0 radical (unpaired) electrons. The number of nitrogens with zero attached hydrogens (tertiary/aromatic N) is 1. The molecule has 1 aliphatic rings. The zero-order valence-corrected chi connectivity index (χ0v) is 17.5. The van der Waals surface area contributed by atoms with Crippen LogP contribution in [-0.4, -0.2) is 28.0 Å². The van der Waals surface area contributed by atoms with Gasteiger partial charge in [-0.3, -0.25) is 9.10 Å². The largest absolute Gasteiger partial charge is 0.496 e. The van der Waals surface area contributed by atoms with Gasteiger partial charge in [-0.2, -0.15) is 0 Å². The highest BCUT2D eigenvalue weighted by atomic mass is 32.2. The number of amides is 1. The van der Waals surface area contributed by atoms with Crippen LogP contribution in [0.4, 0.5) is 24.5 Å². The molecule has 0 aromatic heterocycles. The average molecular weight is 462 g/mol. The number of rotatable bonds is 5. The summed E-state index contributed by atoms with van der Waals surface area (Å²) in [6, 6.07) is 12.3. The van der Waals surface area contributed by atoms with E-state index in [-0.39, 0.29) is 22.8 Å². The first kappa shape index (κ1) is 21.7. The smallest absolute Gasteiger partial charge is 0.264 e. The number of sulfonamides is 1. The second-order valence-corrected chi connectivity index (χ2v) is 8.86. The van der Waals surface area contributed by atoms with Gasteiger partial charge < -0.3 is 10.1 Å². The number of hydrogen-bond acceptors (Lipinski definition) is 4. The number of hydrogen-bond donors (Lipinski definition) is 1. The van der Waals surface area contributed by atoms with Crippen molar-refractivity contribution in [1.29, 1.82) is 0 Å². The third kappa shape index (κ3) is 3.66. The quantitative estimate of drug-likeness (QED) is 0.579. The van der Waals surface area contributed by atoms with E-state index in [4.69, 9.17) is 4.74 Å². The van der Waals surface area contributed by atoms with Gasteiger partial charge in [0.1, 0.15) is 5.75 Å². The number of ether oxygens (including phenoxy) is 1. The molecule has 0 aliphatic carbocycles. The molecule has 0 atom stereocenters. The van der Waals surface area contributed by atoms with Gasteiger partial charge in [0, 0.05) is 6.54 Å². The maximum atomic E-state index is 14.0. The Hall–Kier alpha value is -3.53. The van der Waals surface area contributed by atoms with Crippen molar-refractivity contribution in [3.63, 3.8) is 0 Å². The van der Waals surface area contributed by atoms with Crippen LogP contribution in [0.5, 0.6) is 5.75 Å². The van der Waals surface area contributed by atoms with Crippen LogP contribution in [0, 0.1) is 17.5 Å². The minimum absolute atomic E-state index is 0.0197. The highest BCUT2D eigenvalue weighted by molar-refractivity contribution is 7.92. The highest BCUT2D eigenvalue weighted by Gasteiger charge is 2.31. The fraction of sp³-hybridized carbons (Fsp3) is 0.136. The lowest BCUT2D eigenvalue weighted by atomic mass is 10.1. The predicted octanol–water partition coefficient (Wildman–Crippen LogP) is 4.12. The lowest BCUT2D eigenvalue weighted by Gasteiger charge is -2.20. The van der Waals surface area contributed by atoms with Crippen molar-refractivity contribution in [2.24, 2.45) is 0 Å². The summed E-state index contributed by atoms with van der Waals surface area (Å²) >= 11 is 0. The van der Waals surface area contributed by atoms with Crippen LogP contribution in [0.2, 0.25) is 0 Å². The molecule has 0 saturated heterocycles. The first-order valence-electron chi connectivity index (χ1n) is 9.47. The maximum absolute atomic E-state index is 14.0. The summed E-state index contributed by atoms with van der Waals surface area (Å²) in [7, 11) is -2.74. The van der Waals surface area contributed by atoms with Crippen LogP contribution < -0.4 is 14.4 Å². The average Bonchev–Trinajstić information content (AvgIpc) is 3.24. The lowest BCUT2D eigenvalue weighted by molar-refractivity contribution is 0.102. The van der Waals surface area contributed by atoms with Crippen molar-refractivity contribution in [2.75, 3.05) is 23.3 Å². The topological polar surface area (TPSA) is 75.7 Å². The van der Waals surface area contributed by atoms with Gasteiger partial charge in [-0.25, -0.2) is 21.6 Å². The summed E-state index contributed by atoms with van der Waals surface area (Å²) in [5.41, 5.74) is 0.623. The number of halogens is 3. The molecule has 1 amide bonds. The zero-order chi connectivity index (χ0) is 23.0. The van der Waals surface area contributed by atoms with Crippen LogP contribution in [-0.2, 0) is 16.4 Å². The second kappa shape index (κ2) is 8.19. The Bertz CT molecular complexity index is 1330. The maximum Gasteiger partial charge on any atom is 0.264 e. The van der Waals surface area contributed by atoms with E-state index in [1.807, 2.05) is 12.1 Å². The van der Waals surface area contributed by atoms with Crippen LogP contribution in [0.15, 0.2) is 59.5 Å². The van der Waals surface area contributed by atoms with Gasteiger partial charge in [-0.1, -0.05) is 18.2 Å². The van der Waals surface area contributed by atoms with Crippen LogP contribution in [0.25, 0.3) is 0 Å². The van der Waals surface area contributed by atoms with Crippen molar-refractivity contribution in [3.05, 3.63) is 83.2 Å². The second-order valence-electron chi connectivity index (χ2n) is 7.00. The Morgan fingerprint density at radius 3 is 2.53 bits per heavy atom. The normalized spacial score (nSPS) is 13.1. The summed E-state index contributed by atoms with van der Waals surface area (Å²) in [5.74, 6) is -5.65. The van der Waals surface area contributed by atoms with Gasteiger partial charge in [0.05, 0.1) is 28.9 Å². The number of methoxy groups -OCH3 is 1. The van der Waals surface area contributed by atoms with Crippen molar-refractivity contribution < 1.29 is 31.1 Å². The summed E-state index contributed by atoms with van der Waals surface area (Å²) in [6.45, 7) is 0.245. The molecule has 0 bridgehead atoms. The molecule has 4 rings (SSSR count). The molecule has 0 fully saturated rings. The van der Waals surface area contributed by atoms with E-state index in [2.05, 4.69) is 5.32 Å². The number of para-hydroxylation sites is 1. The molecule has 32 heavy (non-hydrogen) atoms. The standard InChI is InChI=1S/C22H17F3N2O4S/c1-31-19-9-6-14(32(29,30)27-11-10-13-4-2-3-5-18(13)27)12-15(19)22(28)26-17-8-7-16(23)20(24)21(17)25/h2-9,12H,10-11H2,1H3,(H,26,28). The predicted molar refractivity (Wildman–Crippen MR) is 112 cm³/mol. The van der Waals surface area contributed by atoms with Gasteiger partial charge in [0.25, 0.3) is 15.9 Å². The van der Waals surface area contributed by atoms with Gasteiger partial charge in [-0.05, 0) is 48.4 Å². The van der Waals surface area contributed by atoms with E-state index in [0.717, 1.165) is 17.7 Å². The zero-order valence-electron chi connectivity index (χ0n) is 16.7. The van der Waals surface area contributed by atoms with Crippen molar-refractivity contribution >= 4 is 27.3 Å². The Balaban J connectivity index is 1.71. The first-order valence-corrected chi connectivity index (χ1v) is 10.9. The van der Waals surface area contributed by atoms with E-state index in [0.29, 0.717) is 18.2 Å². The van der Waals surface area contributed by atoms with E-state index in [9.17, 15) is 26.4 Å². The van der Waals surface area contributed by atoms with Crippen molar-refractivity contribution in [1.82, 2.24) is 0 Å². The first-order chi connectivity index (χ1) is 15.2. The number of carbonyl (C=O) groups excluding carboxylic acids is 1. The fourth-order valence-electron chi connectivity index (χ4n) is 3.52.